The first kappa shape index (κ1) is 15.1. The van der Waals surface area contributed by atoms with E-state index in [4.69, 9.17) is 11.6 Å². The van der Waals surface area contributed by atoms with Gasteiger partial charge in [0.1, 0.15) is 0 Å². The number of hydrogen-bond donors (Lipinski definition) is 3. The summed E-state index contributed by atoms with van der Waals surface area (Å²) in [5.74, 6) is -0.851. The highest BCUT2D eigenvalue weighted by Crippen LogP contribution is 2.36. The van der Waals surface area contributed by atoms with Crippen molar-refractivity contribution in [2.24, 2.45) is 5.73 Å². The van der Waals surface area contributed by atoms with Crippen LogP contribution in [0.1, 0.15) is 5.56 Å². The Bertz CT molecular complexity index is 505. The van der Waals surface area contributed by atoms with Crippen molar-refractivity contribution in [2.45, 2.75) is 6.18 Å². The van der Waals surface area contributed by atoms with Crippen molar-refractivity contribution in [1.82, 2.24) is 5.32 Å². The van der Waals surface area contributed by atoms with Crippen LogP contribution in [0, 0.1) is 0 Å². The summed E-state index contributed by atoms with van der Waals surface area (Å²) in [7, 11) is 0. The fourth-order valence-corrected chi connectivity index (χ4v) is 1.43. The molecule has 1 rings (SSSR count). The van der Waals surface area contributed by atoms with Crippen molar-refractivity contribution in [1.29, 1.82) is 0 Å². The molecule has 0 aromatic heterocycles. The largest absolute Gasteiger partial charge is 0.418 e. The van der Waals surface area contributed by atoms with E-state index in [2.05, 4.69) is 11.1 Å². The molecule has 0 spiro atoms. The number of benzene rings is 1. The Hall–Kier alpha value is -1.96. The SMILES string of the molecule is NC(=O)NC(=O)CNc1ccc(Cl)cc1C(F)(F)F. The van der Waals surface area contributed by atoms with Gasteiger partial charge in [-0.2, -0.15) is 13.2 Å². The molecule has 3 amide bonds. The van der Waals surface area contributed by atoms with E-state index in [1.807, 2.05) is 0 Å². The number of rotatable bonds is 3. The lowest BCUT2D eigenvalue weighted by Gasteiger charge is -2.14. The smallest absolute Gasteiger partial charge is 0.376 e. The van der Waals surface area contributed by atoms with E-state index in [0.29, 0.717) is 0 Å². The van der Waals surface area contributed by atoms with Gasteiger partial charge < -0.3 is 11.1 Å². The molecule has 4 N–H and O–H groups in total. The molecule has 0 bridgehead atoms. The second-order valence-corrected chi connectivity index (χ2v) is 3.89. The maximum atomic E-state index is 12.7. The van der Waals surface area contributed by atoms with E-state index in [9.17, 15) is 22.8 Å². The van der Waals surface area contributed by atoms with Gasteiger partial charge in [-0.25, -0.2) is 4.79 Å². The van der Waals surface area contributed by atoms with Crippen molar-refractivity contribution in [3.8, 4) is 0 Å². The molecule has 0 unspecified atom stereocenters. The van der Waals surface area contributed by atoms with Crippen molar-refractivity contribution < 1.29 is 22.8 Å². The molecule has 0 atom stereocenters. The summed E-state index contributed by atoms with van der Waals surface area (Å²) in [5.41, 5.74) is 3.36. The van der Waals surface area contributed by atoms with Crippen LogP contribution in [0.3, 0.4) is 0 Å². The van der Waals surface area contributed by atoms with Gasteiger partial charge in [0.15, 0.2) is 0 Å². The van der Waals surface area contributed by atoms with Crippen molar-refractivity contribution >= 4 is 29.2 Å². The molecule has 104 valence electrons. The predicted molar refractivity (Wildman–Crippen MR) is 62.7 cm³/mol. The molecule has 0 fully saturated rings. The van der Waals surface area contributed by atoms with Crippen LogP contribution in [-0.2, 0) is 11.0 Å². The van der Waals surface area contributed by atoms with Gasteiger partial charge in [0, 0.05) is 10.7 Å². The van der Waals surface area contributed by atoms with Crippen LogP contribution in [0.15, 0.2) is 18.2 Å². The van der Waals surface area contributed by atoms with Gasteiger partial charge in [0.25, 0.3) is 0 Å². The van der Waals surface area contributed by atoms with Crippen molar-refractivity contribution in [3.63, 3.8) is 0 Å². The zero-order valence-corrected chi connectivity index (χ0v) is 10.1. The fourth-order valence-electron chi connectivity index (χ4n) is 1.26. The third-order valence-corrected chi connectivity index (χ3v) is 2.22. The van der Waals surface area contributed by atoms with E-state index < -0.39 is 30.2 Å². The van der Waals surface area contributed by atoms with Crippen LogP contribution in [0.5, 0.6) is 0 Å². The molecule has 0 aliphatic carbocycles. The highest BCUT2D eigenvalue weighted by molar-refractivity contribution is 6.30. The van der Waals surface area contributed by atoms with Gasteiger partial charge in [-0.1, -0.05) is 11.6 Å². The normalized spacial score (nSPS) is 10.9. The van der Waals surface area contributed by atoms with E-state index in [-0.39, 0.29) is 10.7 Å². The van der Waals surface area contributed by atoms with Gasteiger partial charge in [-0.15, -0.1) is 0 Å². The van der Waals surface area contributed by atoms with E-state index in [1.54, 1.807) is 5.32 Å². The van der Waals surface area contributed by atoms with Crippen LogP contribution < -0.4 is 16.4 Å². The van der Waals surface area contributed by atoms with E-state index >= 15 is 0 Å². The van der Waals surface area contributed by atoms with Crippen LogP contribution >= 0.6 is 11.6 Å². The molecule has 9 heteroatoms. The van der Waals surface area contributed by atoms with Crippen LogP contribution in [0.2, 0.25) is 5.02 Å². The number of carbonyl (C=O) groups excluding carboxylic acids is 2. The quantitative estimate of drug-likeness (QED) is 0.797. The van der Waals surface area contributed by atoms with Gasteiger partial charge >= 0.3 is 12.2 Å². The number of amides is 3. The molecule has 1 aromatic rings. The first-order chi connectivity index (χ1) is 8.70. The molecule has 0 aliphatic rings. The Morgan fingerprint density at radius 1 is 1.32 bits per heavy atom. The maximum absolute atomic E-state index is 12.7. The number of urea groups is 1. The summed E-state index contributed by atoms with van der Waals surface area (Å²) in [6, 6.07) is 1.97. The summed E-state index contributed by atoms with van der Waals surface area (Å²) in [6.07, 6.45) is -4.62. The minimum atomic E-state index is -4.62. The Labute approximate surface area is 110 Å². The topological polar surface area (TPSA) is 84.2 Å². The van der Waals surface area contributed by atoms with Crippen molar-refractivity contribution in [2.75, 3.05) is 11.9 Å². The number of imide groups is 1. The second-order valence-electron chi connectivity index (χ2n) is 3.45. The van der Waals surface area contributed by atoms with Crippen LogP contribution in [0.4, 0.5) is 23.7 Å². The first-order valence-corrected chi connectivity index (χ1v) is 5.28. The fraction of sp³-hybridized carbons (Fsp3) is 0.200. The Balaban J connectivity index is 2.84. The minimum Gasteiger partial charge on any atom is -0.376 e. The molecule has 5 nitrogen and oxygen atoms in total. The standard InChI is InChI=1S/C10H9ClF3N3O2/c11-5-1-2-7(6(3-5)10(12,13)14)16-4-8(18)17-9(15)19/h1-3,16H,4H2,(H3,15,17,18,19). The number of nitrogens with one attached hydrogen (secondary N) is 2. The summed E-state index contributed by atoms with van der Waals surface area (Å²) >= 11 is 5.49. The molecule has 0 saturated carbocycles. The van der Waals surface area contributed by atoms with Gasteiger partial charge in [0.05, 0.1) is 12.1 Å². The molecule has 0 aliphatic heterocycles. The molecular weight excluding hydrogens is 287 g/mol. The van der Waals surface area contributed by atoms with Crippen LogP contribution in [-0.4, -0.2) is 18.5 Å². The zero-order chi connectivity index (χ0) is 14.6. The van der Waals surface area contributed by atoms with Gasteiger partial charge in [-0.3, -0.25) is 10.1 Å². The monoisotopic (exact) mass is 295 g/mol. The van der Waals surface area contributed by atoms with E-state index in [0.717, 1.165) is 12.1 Å². The number of nitrogens with two attached hydrogens (primary N) is 1. The molecule has 0 heterocycles. The number of halogens is 4. The number of alkyl halides is 3. The number of anilines is 1. The summed E-state index contributed by atoms with van der Waals surface area (Å²) in [4.78, 5) is 21.4. The predicted octanol–water partition coefficient (Wildman–Crippen LogP) is 1.97. The molecule has 1 aromatic carbocycles. The lowest BCUT2D eigenvalue weighted by atomic mass is 10.1. The lowest BCUT2D eigenvalue weighted by molar-refractivity contribution is -0.137. The third kappa shape index (κ3) is 4.66. The Morgan fingerprint density at radius 3 is 2.47 bits per heavy atom. The summed E-state index contributed by atoms with van der Waals surface area (Å²) in [5, 5.41) is 3.88. The zero-order valence-electron chi connectivity index (χ0n) is 9.34. The maximum Gasteiger partial charge on any atom is 0.418 e. The second kappa shape index (κ2) is 5.79. The van der Waals surface area contributed by atoms with E-state index in [1.165, 1.54) is 6.07 Å². The first-order valence-electron chi connectivity index (χ1n) is 4.90. The number of carbonyl (C=O) groups is 2. The Morgan fingerprint density at radius 2 is 1.95 bits per heavy atom. The Kier molecular flexibility index (Phi) is 4.60. The van der Waals surface area contributed by atoms with Crippen LogP contribution in [0.25, 0.3) is 0 Å². The average Bonchev–Trinajstić information content (AvgIpc) is 2.25. The molecule has 19 heavy (non-hydrogen) atoms. The van der Waals surface area contributed by atoms with Crippen molar-refractivity contribution in [3.05, 3.63) is 28.8 Å². The minimum absolute atomic E-state index is 0.0838. The van der Waals surface area contributed by atoms with Gasteiger partial charge in [0.2, 0.25) is 5.91 Å². The van der Waals surface area contributed by atoms with Gasteiger partial charge in [-0.05, 0) is 18.2 Å². The molecule has 0 saturated heterocycles. The number of hydrogen-bond acceptors (Lipinski definition) is 3. The lowest BCUT2D eigenvalue weighted by Crippen LogP contribution is -2.38. The summed E-state index contributed by atoms with van der Waals surface area (Å²) in [6.45, 7) is -0.534. The highest BCUT2D eigenvalue weighted by Gasteiger charge is 2.33. The average molecular weight is 296 g/mol. The number of primary amides is 1. The third-order valence-electron chi connectivity index (χ3n) is 1.99. The highest BCUT2D eigenvalue weighted by atomic mass is 35.5. The summed E-state index contributed by atoms with van der Waals surface area (Å²) < 4.78 is 38.1. The molecule has 0 radical (unpaired) electrons. The molecular formula is C10H9ClF3N3O2.